The van der Waals surface area contributed by atoms with Gasteiger partial charge in [0.1, 0.15) is 0 Å². The Morgan fingerprint density at radius 1 is 1.06 bits per heavy atom. The summed E-state index contributed by atoms with van der Waals surface area (Å²) >= 11 is 0. The van der Waals surface area contributed by atoms with Crippen molar-refractivity contribution >= 4 is 22.9 Å². The van der Waals surface area contributed by atoms with Gasteiger partial charge in [0, 0.05) is 30.1 Å². The number of halogens is 3. The van der Waals surface area contributed by atoms with Crippen LogP contribution < -0.4 is 5.32 Å². The summed E-state index contributed by atoms with van der Waals surface area (Å²) in [6.45, 7) is 0. The molecule has 1 amide bonds. The van der Waals surface area contributed by atoms with Crippen molar-refractivity contribution in [2.24, 2.45) is 10.2 Å². The lowest BCUT2D eigenvalue weighted by atomic mass is 9.89. The van der Waals surface area contributed by atoms with E-state index in [0.717, 1.165) is 30.5 Å². The normalized spacial score (nSPS) is 27.8. The first-order valence-electron chi connectivity index (χ1n) is 10.6. The lowest BCUT2D eigenvalue weighted by molar-refractivity contribution is -0.137. The average Bonchev–Trinajstić information content (AvgIpc) is 3.24. The van der Waals surface area contributed by atoms with E-state index in [9.17, 15) is 18.0 Å². The number of amides is 1. The first-order chi connectivity index (χ1) is 14.8. The van der Waals surface area contributed by atoms with Gasteiger partial charge in [0.05, 0.1) is 11.3 Å². The quantitative estimate of drug-likeness (QED) is 0.792. The number of benzene rings is 1. The summed E-state index contributed by atoms with van der Waals surface area (Å²) in [5, 5.41) is 11.4. The van der Waals surface area contributed by atoms with E-state index in [1.807, 2.05) is 6.08 Å². The number of nitrogens with one attached hydrogen (secondary N) is 1. The summed E-state index contributed by atoms with van der Waals surface area (Å²) in [6.07, 6.45) is 3.98. The molecule has 2 atom stereocenters. The first kappa shape index (κ1) is 20.2. The molecule has 1 aromatic carbocycles. The maximum atomic E-state index is 12.9. The number of carbonyl (C=O) groups excluding carboxylic acids is 1. The van der Waals surface area contributed by atoms with E-state index in [1.54, 1.807) is 6.08 Å². The molecule has 2 fully saturated rings. The van der Waals surface area contributed by atoms with E-state index in [0.29, 0.717) is 41.1 Å². The number of fused-ring (bicyclic) bond motifs is 3. The molecule has 4 aliphatic rings. The third-order valence-electron chi connectivity index (χ3n) is 6.88. The second-order valence-corrected chi connectivity index (χ2v) is 8.71. The molecule has 2 saturated heterocycles. The van der Waals surface area contributed by atoms with Crippen molar-refractivity contribution in [2.75, 3.05) is 7.05 Å². The van der Waals surface area contributed by atoms with Crippen LogP contribution in [0.2, 0.25) is 0 Å². The smallest absolute Gasteiger partial charge is 0.348 e. The minimum atomic E-state index is -4.36. The first-order valence-corrected chi connectivity index (χ1v) is 10.6. The fraction of sp³-hybridized carbons (Fsp3) is 0.435. The molecule has 0 spiro atoms. The molecule has 3 heterocycles. The second-order valence-electron chi connectivity index (χ2n) is 8.71. The molecule has 3 aliphatic heterocycles. The van der Waals surface area contributed by atoms with Crippen molar-refractivity contribution in [1.29, 1.82) is 0 Å². The maximum Gasteiger partial charge on any atom is 0.416 e. The Balaban J connectivity index is 1.27. The molecule has 0 saturated carbocycles. The van der Waals surface area contributed by atoms with Crippen molar-refractivity contribution in [2.45, 2.75) is 56.4 Å². The number of hydrogen-bond acceptors (Lipinski definition) is 4. The fourth-order valence-corrected chi connectivity index (χ4v) is 5.11. The van der Waals surface area contributed by atoms with Crippen LogP contribution in [0.3, 0.4) is 0 Å². The molecule has 5 rings (SSSR count). The number of nitrogens with zero attached hydrogens (tertiary/aromatic N) is 3. The topological polar surface area (TPSA) is 57.1 Å². The SMILES string of the molecule is CN1C2CCC1CC(NC(=O)C1=NN=C3CC(c4ccc(C(F)(F)F)cc4)=CC=C31)C2. The van der Waals surface area contributed by atoms with Gasteiger partial charge in [0.2, 0.25) is 0 Å². The third-order valence-corrected chi connectivity index (χ3v) is 6.88. The van der Waals surface area contributed by atoms with Crippen molar-refractivity contribution in [3.8, 4) is 0 Å². The monoisotopic (exact) mass is 428 g/mol. The Hall–Kier alpha value is -2.74. The Labute approximate surface area is 178 Å². The van der Waals surface area contributed by atoms with E-state index in [2.05, 4.69) is 27.5 Å². The van der Waals surface area contributed by atoms with Crippen molar-refractivity contribution in [3.63, 3.8) is 0 Å². The molecule has 0 aromatic heterocycles. The van der Waals surface area contributed by atoms with Gasteiger partial charge >= 0.3 is 6.18 Å². The molecule has 1 aliphatic carbocycles. The summed E-state index contributed by atoms with van der Waals surface area (Å²) in [5.74, 6) is -0.203. The average molecular weight is 428 g/mol. The van der Waals surface area contributed by atoms with E-state index in [4.69, 9.17) is 0 Å². The van der Waals surface area contributed by atoms with Crippen LogP contribution in [0, 0.1) is 0 Å². The van der Waals surface area contributed by atoms with Crippen LogP contribution in [0.4, 0.5) is 13.2 Å². The fourth-order valence-electron chi connectivity index (χ4n) is 5.11. The molecular weight excluding hydrogens is 405 g/mol. The second kappa shape index (κ2) is 7.44. The lowest BCUT2D eigenvalue weighted by Crippen LogP contribution is -2.50. The van der Waals surface area contributed by atoms with Gasteiger partial charge in [-0.2, -0.15) is 18.3 Å². The highest BCUT2D eigenvalue weighted by Gasteiger charge is 2.40. The van der Waals surface area contributed by atoms with Crippen LogP contribution in [0.15, 0.2) is 52.2 Å². The van der Waals surface area contributed by atoms with E-state index in [1.165, 1.54) is 25.0 Å². The molecule has 2 unspecified atom stereocenters. The van der Waals surface area contributed by atoms with Crippen molar-refractivity contribution in [1.82, 2.24) is 10.2 Å². The molecule has 2 bridgehead atoms. The standard InChI is InChI=1S/C23H23F3N4O/c1-30-17-7-8-18(30)12-16(11-17)27-22(31)21-19-9-4-14(10-20(19)28-29-21)13-2-5-15(6-3-13)23(24,25)26/h2-6,9,16-18H,7-8,10-12H2,1H3,(H,27,31). The maximum absolute atomic E-state index is 12.9. The molecule has 8 heteroatoms. The zero-order valence-electron chi connectivity index (χ0n) is 17.1. The number of carbonyl (C=O) groups is 1. The zero-order chi connectivity index (χ0) is 21.8. The number of allylic oxidation sites excluding steroid dienone is 3. The number of rotatable bonds is 3. The largest absolute Gasteiger partial charge is 0.416 e. The van der Waals surface area contributed by atoms with Crippen LogP contribution >= 0.6 is 0 Å². The molecule has 31 heavy (non-hydrogen) atoms. The van der Waals surface area contributed by atoms with Gasteiger partial charge in [0.25, 0.3) is 5.91 Å². The van der Waals surface area contributed by atoms with E-state index < -0.39 is 11.7 Å². The van der Waals surface area contributed by atoms with Crippen LogP contribution in [-0.4, -0.2) is 47.4 Å². The minimum absolute atomic E-state index is 0.149. The Kier molecular flexibility index (Phi) is 4.84. The number of piperidine rings is 1. The predicted molar refractivity (Wildman–Crippen MR) is 113 cm³/mol. The molecule has 1 N–H and O–H groups in total. The minimum Gasteiger partial charge on any atom is -0.348 e. The molecule has 5 nitrogen and oxygen atoms in total. The summed E-state index contributed by atoms with van der Waals surface area (Å²) in [6, 6.07) is 6.30. The van der Waals surface area contributed by atoms with Gasteiger partial charge in [-0.15, -0.1) is 5.10 Å². The van der Waals surface area contributed by atoms with Gasteiger partial charge in [-0.3, -0.25) is 4.79 Å². The zero-order valence-corrected chi connectivity index (χ0v) is 17.1. The van der Waals surface area contributed by atoms with Crippen molar-refractivity contribution < 1.29 is 18.0 Å². The van der Waals surface area contributed by atoms with Crippen LogP contribution in [0.1, 0.15) is 43.2 Å². The Morgan fingerprint density at radius 2 is 1.74 bits per heavy atom. The molecular formula is C23H23F3N4O. The molecule has 162 valence electrons. The summed E-state index contributed by atoms with van der Waals surface area (Å²) < 4.78 is 38.4. The highest BCUT2D eigenvalue weighted by Crippen LogP contribution is 2.35. The summed E-state index contributed by atoms with van der Waals surface area (Å²) in [5.41, 5.74) is 2.57. The highest BCUT2D eigenvalue weighted by atomic mass is 19.4. The van der Waals surface area contributed by atoms with Gasteiger partial charge < -0.3 is 10.2 Å². The van der Waals surface area contributed by atoms with E-state index in [-0.39, 0.29) is 11.9 Å². The van der Waals surface area contributed by atoms with Crippen LogP contribution in [0.25, 0.3) is 5.57 Å². The summed E-state index contributed by atoms with van der Waals surface area (Å²) in [7, 11) is 2.16. The third kappa shape index (κ3) is 3.73. The lowest BCUT2D eigenvalue weighted by Gasteiger charge is -2.36. The molecule has 1 aromatic rings. The van der Waals surface area contributed by atoms with Gasteiger partial charge in [-0.1, -0.05) is 24.3 Å². The summed E-state index contributed by atoms with van der Waals surface area (Å²) in [4.78, 5) is 15.3. The van der Waals surface area contributed by atoms with Gasteiger partial charge in [-0.05, 0) is 56.0 Å². The Morgan fingerprint density at radius 3 is 2.39 bits per heavy atom. The van der Waals surface area contributed by atoms with Gasteiger partial charge in [0.15, 0.2) is 5.71 Å². The highest BCUT2D eigenvalue weighted by molar-refractivity contribution is 6.53. The van der Waals surface area contributed by atoms with Crippen molar-refractivity contribution in [3.05, 3.63) is 53.1 Å². The van der Waals surface area contributed by atoms with Crippen LogP contribution in [0.5, 0.6) is 0 Å². The number of hydrogen-bond donors (Lipinski definition) is 1. The predicted octanol–water partition coefficient (Wildman–Crippen LogP) is 3.97. The van der Waals surface area contributed by atoms with E-state index >= 15 is 0 Å². The van der Waals surface area contributed by atoms with Crippen LogP contribution in [-0.2, 0) is 11.0 Å². The Bertz CT molecular complexity index is 1020. The number of alkyl halides is 3. The van der Waals surface area contributed by atoms with Gasteiger partial charge in [-0.25, -0.2) is 0 Å². The molecule has 0 radical (unpaired) electrons.